The van der Waals surface area contributed by atoms with Gasteiger partial charge in [-0.25, -0.2) is 13.4 Å². The Bertz CT molecular complexity index is 1660. The van der Waals surface area contributed by atoms with Gasteiger partial charge in [0, 0.05) is 51.8 Å². The van der Waals surface area contributed by atoms with Crippen molar-refractivity contribution in [2.24, 2.45) is 0 Å². The Morgan fingerprint density at radius 3 is 2.44 bits per heavy atom. The summed E-state index contributed by atoms with van der Waals surface area (Å²) in [6, 6.07) is 4.50. The highest BCUT2D eigenvalue weighted by Crippen LogP contribution is 2.33. The van der Waals surface area contributed by atoms with Gasteiger partial charge in [-0.3, -0.25) is 14.5 Å². The molecule has 15 heteroatoms. The third kappa shape index (κ3) is 6.73. The Hall–Kier alpha value is -3.82. The molecule has 1 saturated heterocycles. The molecule has 14 nitrogen and oxygen atoms in total. The molecule has 234 valence electrons. The number of carbonyl (C=O) groups excluding carboxylic acids is 1. The topological polar surface area (TPSA) is 170 Å². The standard InChI is InChI=1S/C28H38N6O8S/c1-5-8-21-24-26(33(7-3)25(21)19(4)35)28(36)30-27(29-24)22-18-20(9-10-23(22)41-16-6-2)43(39,40)32-13-11-31(12-14-32)15-17-42-34(37)38/h9-10,18H,5-8,11-17H2,1-4H3,(H,29,30,36). The quantitative estimate of drug-likeness (QED) is 0.161. The Morgan fingerprint density at radius 2 is 1.84 bits per heavy atom. The minimum Gasteiger partial charge on any atom is -0.493 e. The van der Waals surface area contributed by atoms with Gasteiger partial charge in [0.15, 0.2) is 5.78 Å². The first kappa shape index (κ1) is 32.1. The fourth-order valence-corrected chi connectivity index (χ4v) is 6.88. The van der Waals surface area contributed by atoms with Gasteiger partial charge in [-0.15, -0.1) is 10.1 Å². The van der Waals surface area contributed by atoms with Crippen LogP contribution in [0.15, 0.2) is 27.9 Å². The Morgan fingerprint density at radius 1 is 1.12 bits per heavy atom. The second-order valence-corrected chi connectivity index (χ2v) is 12.2. The van der Waals surface area contributed by atoms with Crippen LogP contribution in [0.5, 0.6) is 5.75 Å². The van der Waals surface area contributed by atoms with Crippen LogP contribution in [-0.2, 0) is 27.8 Å². The lowest BCUT2D eigenvalue weighted by Gasteiger charge is -2.33. The molecule has 4 rings (SSSR count). The molecule has 1 fully saturated rings. The number of aromatic amines is 1. The molecular formula is C28H38N6O8S. The molecular weight excluding hydrogens is 580 g/mol. The van der Waals surface area contributed by atoms with Crippen molar-refractivity contribution in [1.82, 2.24) is 23.7 Å². The van der Waals surface area contributed by atoms with Crippen molar-refractivity contribution in [1.29, 1.82) is 0 Å². The summed E-state index contributed by atoms with van der Waals surface area (Å²) in [5.74, 6) is 0.365. The summed E-state index contributed by atoms with van der Waals surface area (Å²) in [5, 5.41) is 9.56. The van der Waals surface area contributed by atoms with E-state index >= 15 is 0 Å². The highest BCUT2D eigenvalue weighted by molar-refractivity contribution is 7.89. The number of ketones is 1. The van der Waals surface area contributed by atoms with Crippen LogP contribution in [0.1, 0.15) is 56.6 Å². The molecule has 3 aromatic rings. The number of sulfonamides is 1. The van der Waals surface area contributed by atoms with Crippen LogP contribution >= 0.6 is 0 Å². The zero-order valence-corrected chi connectivity index (χ0v) is 25.7. The highest BCUT2D eigenvalue weighted by atomic mass is 32.2. The summed E-state index contributed by atoms with van der Waals surface area (Å²) in [7, 11) is -3.93. The van der Waals surface area contributed by atoms with Gasteiger partial charge in [0.1, 0.15) is 29.2 Å². The summed E-state index contributed by atoms with van der Waals surface area (Å²) in [4.78, 5) is 50.5. The van der Waals surface area contributed by atoms with E-state index in [2.05, 4.69) is 9.82 Å². The molecule has 1 N–H and O–H groups in total. The van der Waals surface area contributed by atoms with Crippen LogP contribution < -0.4 is 10.3 Å². The van der Waals surface area contributed by atoms with Gasteiger partial charge < -0.3 is 19.1 Å². The van der Waals surface area contributed by atoms with Gasteiger partial charge in [-0.05, 0) is 38.0 Å². The number of piperazine rings is 1. The van der Waals surface area contributed by atoms with Crippen LogP contribution in [0.2, 0.25) is 0 Å². The smallest absolute Gasteiger partial charge is 0.294 e. The number of hydrogen-bond donors (Lipinski definition) is 1. The maximum absolute atomic E-state index is 13.7. The summed E-state index contributed by atoms with van der Waals surface area (Å²) in [5.41, 5.74) is 1.76. The molecule has 0 spiro atoms. The lowest BCUT2D eigenvalue weighted by molar-refractivity contribution is -0.757. The summed E-state index contributed by atoms with van der Waals surface area (Å²) >= 11 is 0. The van der Waals surface area contributed by atoms with E-state index in [0.29, 0.717) is 79.2 Å². The molecule has 0 bridgehead atoms. The number of H-pyrrole nitrogens is 1. The highest BCUT2D eigenvalue weighted by Gasteiger charge is 2.30. The van der Waals surface area contributed by atoms with E-state index in [-0.39, 0.29) is 36.2 Å². The molecule has 1 aliphatic heterocycles. The molecule has 0 atom stereocenters. The molecule has 3 heterocycles. The molecule has 2 aromatic heterocycles. The Labute approximate surface area is 249 Å². The van der Waals surface area contributed by atoms with Gasteiger partial charge in [0.2, 0.25) is 10.0 Å². The van der Waals surface area contributed by atoms with Crippen molar-refractivity contribution >= 4 is 26.8 Å². The first-order valence-corrected chi connectivity index (χ1v) is 15.9. The van der Waals surface area contributed by atoms with E-state index in [4.69, 9.17) is 9.72 Å². The van der Waals surface area contributed by atoms with Crippen molar-refractivity contribution < 1.29 is 27.9 Å². The molecule has 0 saturated carbocycles. The van der Waals surface area contributed by atoms with Crippen molar-refractivity contribution in [3.63, 3.8) is 0 Å². The predicted molar refractivity (Wildman–Crippen MR) is 159 cm³/mol. The second-order valence-electron chi connectivity index (χ2n) is 10.3. The minimum atomic E-state index is -3.93. The molecule has 0 unspecified atom stereocenters. The van der Waals surface area contributed by atoms with Crippen molar-refractivity contribution in [3.05, 3.63) is 49.9 Å². The lowest BCUT2D eigenvalue weighted by Crippen LogP contribution is -2.49. The number of Topliss-reactive ketones (excluding diaryl/α,β-unsaturated/α-hetero) is 1. The fourth-order valence-electron chi connectivity index (χ4n) is 5.43. The predicted octanol–water partition coefficient (Wildman–Crippen LogP) is 2.87. The molecule has 1 aromatic carbocycles. The van der Waals surface area contributed by atoms with Gasteiger partial charge >= 0.3 is 0 Å². The lowest BCUT2D eigenvalue weighted by atomic mass is 10.1. The third-order valence-corrected chi connectivity index (χ3v) is 9.29. The summed E-state index contributed by atoms with van der Waals surface area (Å²) in [6.07, 6.45) is 2.00. The Kier molecular flexibility index (Phi) is 10.2. The normalized spacial score (nSPS) is 14.7. The first-order chi connectivity index (χ1) is 20.5. The monoisotopic (exact) mass is 618 g/mol. The molecule has 1 aliphatic rings. The van der Waals surface area contributed by atoms with E-state index in [1.807, 2.05) is 25.7 Å². The number of aryl methyl sites for hydroxylation is 2. The summed E-state index contributed by atoms with van der Waals surface area (Å²) in [6.45, 7) is 9.45. The van der Waals surface area contributed by atoms with Crippen LogP contribution in [0.3, 0.4) is 0 Å². The largest absolute Gasteiger partial charge is 0.493 e. The maximum atomic E-state index is 13.7. The number of carbonyl (C=O) groups is 1. The van der Waals surface area contributed by atoms with Crippen molar-refractivity contribution in [3.8, 4) is 17.1 Å². The van der Waals surface area contributed by atoms with Crippen LogP contribution in [0, 0.1) is 10.1 Å². The van der Waals surface area contributed by atoms with Gasteiger partial charge in [-0.2, -0.15) is 4.31 Å². The van der Waals surface area contributed by atoms with Crippen LogP contribution in [0.4, 0.5) is 0 Å². The van der Waals surface area contributed by atoms with Crippen LogP contribution in [-0.4, -0.2) is 89.0 Å². The van der Waals surface area contributed by atoms with Crippen molar-refractivity contribution in [2.75, 3.05) is 45.9 Å². The number of aromatic nitrogens is 3. The van der Waals surface area contributed by atoms with E-state index in [1.165, 1.54) is 23.4 Å². The number of benzene rings is 1. The number of hydrogen-bond acceptors (Lipinski definition) is 10. The number of nitrogens with one attached hydrogen (secondary N) is 1. The van der Waals surface area contributed by atoms with Crippen LogP contribution in [0.25, 0.3) is 22.4 Å². The number of ether oxygens (including phenoxy) is 1. The van der Waals surface area contributed by atoms with Gasteiger partial charge in [0.25, 0.3) is 10.6 Å². The molecule has 0 aliphatic carbocycles. The fraction of sp³-hybridized carbons (Fsp3) is 0.536. The number of rotatable bonds is 14. The SMILES string of the molecule is CCCOc1ccc(S(=O)(=O)N2CCN(CCO[N+](=O)[O-])CC2)cc1-c1nc2c(CCC)c(C(C)=O)n(CC)c2c(=O)[nH]1. The van der Waals surface area contributed by atoms with Crippen molar-refractivity contribution in [2.45, 2.75) is 58.4 Å². The molecule has 0 amide bonds. The van der Waals surface area contributed by atoms with Gasteiger partial charge in [-0.1, -0.05) is 20.3 Å². The third-order valence-electron chi connectivity index (χ3n) is 7.40. The zero-order chi connectivity index (χ0) is 31.3. The Balaban J connectivity index is 1.76. The minimum absolute atomic E-state index is 0.0172. The zero-order valence-electron chi connectivity index (χ0n) is 24.9. The van der Waals surface area contributed by atoms with E-state index in [9.17, 15) is 28.1 Å². The average Bonchev–Trinajstić information content (AvgIpc) is 3.30. The van der Waals surface area contributed by atoms with E-state index in [0.717, 1.165) is 6.42 Å². The molecule has 43 heavy (non-hydrogen) atoms. The average molecular weight is 619 g/mol. The molecule has 0 radical (unpaired) electrons. The number of nitrogens with zero attached hydrogens (tertiary/aromatic N) is 5. The number of fused-ring (bicyclic) bond motifs is 1. The van der Waals surface area contributed by atoms with E-state index < -0.39 is 20.7 Å². The van der Waals surface area contributed by atoms with E-state index in [1.54, 1.807) is 10.6 Å². The maximum Gasteiger partial charge on any atom is 0.294 e. The van der Waals surface area contributed by atoms with Gasteiger partial charge in [0.05, 0.1) is 22.8 Å². The first-order valence-electron chi connectivity index (χ1n) is 14.5. The summed E-state index contributed by atoms with van der Waals surface area (Å²) < 4.78 is 36.4. The second kappa shape index (κ2) is 13.7.